The zero-order valence-electron chi connectivity index (χ0n) is 27.4. The van der Waals surface area contributed by atoms with Gasteiger partial charge in [-0.1, -0.05) is 82.6 Å². The SMILES string of the molecule is CC(Cc1c[nH]c2ccccc12)(NC(=O)OC1[CH]CCCCCC1)C(=O)NC(CNC(=O)CCCC(=O)O)Cc1ccccc1.[CH2].[CH2]. The minimum absolute atomic E-state index is 0. The monoisotopic (exact) mass is 645 g/mol. The Morgan fingerprint density at radius 2 is 1.70 bits per heavy atom. The molecule has 3 aromatic rings. The number of H-pyrrole nitrogens is 1. The van der Waals surface area contributed by atoms with Crippen molar-refractivity contribution in [1.29, 1.82) is 0 Å². The fourth-order valence-electron chi connectivity index (χ4n) is 5.75. The molecular weight excluding hydrogens is 596 g/mol. The van der Waals surface area contributed by atoms with E-state index in [1.54, 1.807) is 6.92 Å². The van der Waals surface area contributed by atoms with E-state index >= 15 is 0 Å². The summed E-state index contributed by atoms with van der Waals surface area (Å²) in [4.78, 5) is 54.1. The second-order valence-corrected chi connectivity index (χ2v) is 12.1. The van der Waals surface area contributed by atoms with Gasteiger partial charge < -0.3 is 30.8 Å². The fourth-order valence-corrected chi connectivity index (χ4v) is 5.75. The number of aromatic amines is 1. The summed E-state index contributed by atoms with van der Waals surface area (Å²) in [6.45, 7) is 1.83. The molecule has 1 aliphatic carbocycles. The molecule has 1 saturated carbocycles. The molecule has 3 atom stereocenters. The van der Waals surface area contributed by atoms with Gasteiger partial charge in [0.05, 0.1) is 6.04 Å². The zero-order chi connectivity index (χ0) is 32.1. The predicted octanol–water partition coefficient (Wildman–Crippen LogP) is 5.88. The number of fused-ring (bicyclic) bond motifs is 1. The third-order valence-electron chi connectivity index (χ3n) is 8.23. The summed E-state index contributed by atoms with van der Waals surface area (Å²) in [7, 11) is 0. The van der Waals surface area contributed by atoms with Gasteiger partial charge in [0.25, 0.3) is 0 Å². The van der Waals surface area contributed by atoms with Crippen LogP contribution in [0, 0.1) is 21.3 Å². The number of hydrogen-bond acceptors (Lipinski definition) is 5. The van der Waals surface area contributed by atoms with Gasteiger partial charge in [0.1, 0.15) is 11.6 Å². The quantitative estimate of drug-likeness (QED) is 0.148. The van der Waals surface area contributed by atoms with Crippen LogP contribution >= 0.6 is 0 Å². The molecule has 1 aliphatic rings. The van der Waals surface area contributed by atoms with E-state index in [4.69, 9.17) is 9.84 Å². The molecule has 1 fully saturated rings. The number of hydrogen-bond donors (Lipinski definition) is 5. The van der Waals surface area contributed by atoms with Crippen LogP contribution < -0.4 is 16.0 Å². The fraction of sp³-hybridized carbons (Fsp3) is 0.432. The molecule has 10 nitrogen and oxygen atoms in total. The molecule has 253 valence electrons. The Hall–Kier alpha value is -4.34. The maximum Gasteiger partial charge on any atom is 0.408 e. The minimum Gasteiger partial charge on any atom is -0.481 e. The number of carbonyl (C=O) groups excluding carboxylic acids is 3. The molecule has 1 heterocycles. The standard InChI is InChI=1S/C35H45N4O6.2CH2/c1-35(22-26-23-36-30-18-11-10-17-29(26)30,39-34(44)45-28-15-8-3-2-4-9-16-28)33(43)38-27(21-25-13-6-5-7-14-25)24-37-31(40)19-12-20-32(41)42;;/h5-7,10-11,13-15,17-18,23,27-28,36H,2-4,8-9,12,16,19-22,24H2,1H3,(H,37,40)(H,38,43)(H,39,44)(H,41,42);2*1H2. The van der Waals surface area contributed by atoms with Crippen molar-refractivity contribution >= 4 is 34.8 Å². The first kappa shape index (κ1) is 38.8. The molecule has 4 rings (SSSR count). The first-order valence-corrected chi connectivity index (χ1v) is 15.9. The third-order valence-corrected chi connectivity index (χ3v) is 8.23. The number of carbonyl (C=O) groups is 4. The van der Waals surface area contributed by atoms with E-state index < -0.39 is 29.6 Å². The molecule has 5 radical (unpaired) electrons. The number of aliphatic carboxylic acids is 1. The minimum atomic E-state index is -1.38. The van der Waals surface area contributed by atoms with Crippen LogP contribution in [0.4, 0.5) is 4.79 Å². The molecule has 5 N–H and O–H groups in total. The van der Waals surface area contributed by atoms with E-state index in [2.05, 4.69) is 20.9 Å². The van der Waals surface area contributed by atoms with Crippen LogP contribution in [0.3, 0.4) is 0 Å². The van der Waals surface area contributed by atoms with Crippen molar-refractivity contribution in [2.45, 2.75) is 95.2 Å². The normalized spacial score (nSPS) is 15.3. The van der Waals surface area contributed by atoms with E-state index in [1.807, 2.05) is 67.2 Å². The van der Waals surface area contributed by atoms with Crippen molar-refractivity contribution in [1.82, 2.24) is 20.9 Å². The summed E-state index contributed by atoms with van der Waals surface area (Å²) in [5, 5.41) is 18.7. The lowest BCUT2D eigenvalue weighted by Gasteiger charge is -2.32. The predicted molar refractivity (Wildman–Crippen MR) is 183 cm³/mol. The van der Waals surface area contributed by atoms with E-state index in [0.29, 0.717) is 6.42 Å². The molecule has 0 spiro atoms. The molecule has 0 saturated heterocycles. The van der Waals surface area contributed by atoms with Crippen molar-refractivity contribution in [3.8, 4) is 0 Å². The van der Waals surface area contributed by atoms with Crippen LogP contribution in [-0.4, -0.2) is 58.2 Å². The molecule has 3 amide bonds. The van der Waals surface area contributed by atoms with Crippen molar-refractivity contribution in [3.05, 3.63) is 93.2 Å². The number of aromatic nitrogens is 1. The number of benzene rings is 2. The van der Waals surface area contributed by atoms with E-state index in [0.717, 1.165) is 54.1 Å². The average molecular weight is 646 g/mol. The largest absolute Gasteiger partial charge is 0.481 e. The van der Waals surface area contributed by atoms with E-state index in [1.165, 1.54) is 6.42 Å². The first-order chi connectivity index (χ1) is 21.7. The molecule has 2 aromatic carbocycles. The number of nitrogens with one attached hydrogen (secondary N) is 4. The highest BCUT2D eigenvalue weighted by molar-refractivity contribution is 5.92. The summed E-state index contributed by atoms with van der Waals surface area (Å²) < 4.78 is 5.82. The summed E-state index contributed by atoms with van der Waals surface area (Å²) in [6, 6.07) is 16.9. The second kappa shape index (κ2) is 19.4. The Labute approximate surface area is 279 Å². The molecule has 0 bridgehead atoms. The molecule has 0 aliphatic heterocycles. The number of alkyl carbamates (subject to hydrolysis) is 1. The second-order valence-electron chi connectivity index (χ2n) is 12.1. The van der Waals surface area contributed by atoms with Crippen LogP contribution in [-0.2, 0) is 32.0 Å². The Kier molecular flexibility index (Phi) is 16.0. The number of carboxylic acid groups (broad SMARTS) is 1. The maximum atomic E-state index is 14.2. The smallest absolute Gasteiger partial charge is 0.408 e. The van der Waals surface area contributed by atoms with Crippen molar-refractivity contribution in [2.75, 3.05) is 6.54 Å². The van der Waals surface area contributed by atoms with Gasteiger partial charge >= 0.3 is 12.1 Å². The Bertz CT molecular complexity index is 1420. The van der Waals surface area contributed by atoms with Gasteiger partial charge in [0, 0.05) is 49.3 Å². The maximum absolute atomic E-state index is 14.2. The van der Waals surface area contributed by atoms with Crippen molar-refractivity contribution in [3.63, 3.8) is 0 Å². The van der Waals surface area contributed by atoms with Crippen molar-refractivity contribution < 1.29 is 29.0 Å². The highest BCUT2D eigenvalue weighted by atomic mass is 16.6. The summed E-state index contributed by atoms with van der Waals surface area (Å²) in [5.41, 5.74) is 1.37. The van der Waals surface area contributed by atoms with Crippen LogP contribution in [0.15, 0.2) is 60.8 Å². The lowest BCUT2D eigenvalue weighted by Crippen LogP contribution is -2.61. The van der Waals surface area contributed by atoms with Crippen LogP contribution in [0.5, 0.6) is 0 Å². The van der Waals surface area contributed by atoms with Gasteiger partial charge in [0.2, 0.25) is 11.8 Å². The highest BCUT2D eigenvalue weighted by Crippen LogP contribution is 2.24. The lowest BCUT2D eigenvalue weighted by atomic mass is 9.90. The topological polar surface area (TPSA) is 150 Å². The van der Waals surface area contributed by atoms with Gasteiger partial charge in [0.15, 0.2) is 0 Å². The molecule has 3 unspecified atom stereocenters. The summed E-state index contributed by atoms with van der Waals surface area (Å²) in [5.74, 6) is -1.65. The average Bonchev–Trinajstić information content (AvgIpc) is 3.39. The number of carboxylic acids is 1. The van der Waals surface area contributed by atoms with Crippen LogP contribution in [0.1, 0.15) is 75.8 Å². The van der Waals surface area contributed by atoms with Gasteiger partial charge in [-0.2, -0.15) is 0 Å². The Morgan fingerprint density at radius 3 is 2.47 bits per heavy atom. The number of amides is 3. The number of para-hydroxylation sites is 1. The molecular formula is C37H49N4O6. The van der Waals surface area contributed by atoms with Gasteiger partial charge in [-0.25, -0.2) is 4.79 Å². The first-order valence-electron chi connectivity index (χ1n) is 15.9. The van der Waals surface area contributed by atoms with Gasteiger partial charge in [-0.05, 0) is 56.2 Å². The Morgan fingerprint density at radius 1 is 0.979 bits per heavy atom. The molecule has 47 heavy (non-hydrogen) atoms. The van der Waals surface area contributed by atoms with E-state index in [-0.39, 0.29) is 59.1 Å². The van der Waals surface area contributed by atoms with Crippen molar-refractivity contribution in [2.24, 2.45) is 0 Å². The highest BCUT2D eigenvalue weighted by Gasteiger charge is 2.38. The van der Waals surface area contributed by atoms with Crippen LogP contribution in [0.2, 0.25) is 0 Å². The number of rotatable bonds is 14. The summed E-state index contributed by atoms with van der Waals surface area (Å²) in [6.07, 6.45) is 9.74. The molecule has 1 aromatic heterocycles. The number of ether oxygens (including phenoxy) is 1. The van der Waals surface area contributed by atoms with Gasteiger partial charge in [-0.3, -0.25) is 14.4 Å². The third kappa shape index (κ3) is 12.4. The van der Waals surface area contributed by atoms with Gasteiger partial charge in [-0.15, -0.1) is 0 Å². The van der Waals surface area contributed by atoms with E-state index in [9.17, 15) is 19.2 Å². The molecule has 10 heteroatoms. The summed E-state index contributed by atoms with van der Waals surface area (Å²) >= 11 is 0. The Balaban J connectivity index is 0.00000384. The zero-order valence-corrected chi connectivity index (χ0v) is 27.4. The van der Waals surface area contributed by atoms with Crippen LogP contribution in [0.25, 0.3) is 10.9 Å². The lowest BCUT2D eigenvalue weighted by molar-refractivity contribution is -0.137.